The van der Waals surface area contributed by atoms with Crippen LogP contribution in [-0.4, -0.2) is 27.7 Å². The summed E-state index contributed by atoms with van der Waals surface area (Å²) in [6.07, 6.45) is 4.57. The second-order valence-corrected chi connectivity index (χ2v) is 4.87. The van der Waals surface area contributed by atoms with Crippen LogP contribution in [0.5, 0.6) is 0 Å². The van der Waals surface area contributed by atoms with Crippen LogP contribution in [0.1, 0.15) is 26.2 Å². The Bertz CT molecular complexity index is 186. The summed E-state index contributed by atoms with van der Waals surface area (Å²) >= 11 is 0. The first-order chi connectivity index (χ1) is 5.54. The molecule has 0 aliphatic heterocycles. The lowest BCUT2D eigenvalue weighted by molar-refractivity contribution is 0.0151. The van der Waals surface area contributed by atoms with Gasteiger partial charge in [0.2, 0.25) is 0 Å². The van der Waals surface area contributed by atoms with E-state index in [2.05, 4.69) is 4.72 Å². The minimum absolute atomic E-state index is 0.327. The first-order valence-electron chi connectivity index (χ1n) is 4.34. The van der Waals surface area contributed by atoms with Gasteiger partial charge in [-0.2, -0.15) is 0 Å². The van der Waals surface area contributed by atoms with E-state index in [1.807, 2.05) is 6.92 Å². The maximum absolute atomic E-state index is 10.7. The van der Waals surface area contributed by atoms with Crippen molar-refractivity contribution in [1.29, 1.82) is 0 Å². The van der Waals surface area contributed by atoms with E-state index in [4.69, 9.17) is 0 Å². The molecular weight excluding hydrogens is 174 g/mol. The molecule has 0 aromatic rings. The number of rotatable bonds is 3. The van der Waals surface area contributed by atoms with Gasteiger partial charge in [0.1, 0.15) is 0 Å². The summed E-state index contributed by atoms with van der Waals surface area (Å²) in [5, 5.41) is 10.0. The van der Waals surface area contributed by atoms with Crippen molar-refractivity contribution in [2.24, 2.45) is 5.92 Å². The van der Waals surface area contributed by atoms with Crippen molar-refractivity contribution >= 4 is 11.0 Å². The summed E-state index contributed by atoms with van der Waals surface area (Å²) in [5.41, 5.74) is -0.619. The summed E-state index contributed by atoms with van der Waals surface area (Å²) in [4.78, 5) is 0. The van der Waals surface area contributed by atoms with Crippen LogP contribution in [0.3, 0.4) is 0 Å². The summed E-state index contributed by atoms with van der Waals surface area (Å²) in [7, 11) is -1.01. The van der Waals surface area contributed by atoms with Crippen LogP contribution in [-0.2, 0) is 11.0 Å². The zero-order valence-electron chi connectivity index (χ0n) is 7.67. The van der Waals surface area contributed by atoms with Gasteiger partial charge in [-0.05, 0) is 18.8 Å². The Morgan fingerprint density at radius 3 is 2.83 bits per heavy atom. The van der Waals surface area contributed by atoms with Gasteiger partial charge in [0.05, 0.1) is 16.6 Å². The van der Waals surface area contributed by atoms with Crippen molar-refractivity contribution in [3.63, 3.8) is 0 Å². The molecule has 0 amide bonds. The number of nitrogens with one attached hydrogen (secondary N) is 1. The van der Waals surface area contributed by atoms with Gasteiger partial charge in [-0.1, -0.05) is 13.3 Å². The van der Waals surface area contributed by atoms with E-state index >= 15 is 0 Å². The van der Waals surface area contributed by atoms with Crippen LogP contribution in [0, 0.1) is 5.92 Å². The second-order valence-electron chi connectivity index (χ2n) is 3.67. The lowest BCUT2D eigenvalue weighted by Crippen LogP contribution is -2.42. The monoisotopic (exact) mass is 191 g/mol. The molecule has 4 heteroatoms. The highest BCUT2D eigenvalue weighted by atomic mass is 32.2. The molecule has 0 radical (unpaired) electrons. The minimum atomic E-state index is -1.01. The normalized spacial score (nSPS) is 38.4. The third-order valence-electron chi connectivity index (χ3n) is 2.75. The van der Waals surface area contributed by atoms with Crippen LogP contribution in [0.15, 0.2) is 0 Å². The van der Waals surface area contributed by atoms with Gasteiger partial charge in [-0.25, -0.2) is 8.93 Å². The Morgan fingerprint density at radius 1 is 1.75 bits per heavy atom. The average molecular weight is 191 g/mol. The molecular formula is C8H17NO2S. The van der Waals surface area contributed by atoms with Crippen molar-refractivity contribution in [2.75, 3.05) is 12.8 Å². The Labute approximate surface area is 76.1 Å². The first-order valence-corrected chi connectivity index (χ1v) is 5.90. The molecule has 1 saturated carbocycles. The molecule has 12 heavy (non-hydrogen) atoms. The fourth-order valence-corrected chi connectivity index (χ4v) is 2.17. The highest BCUT2D eigenvalue weighted by molar-refractivity contribution is 7.82. The standard InChI is InChI=1S/C8H17NO2S/c1-7-4-3-5-8(7,10)6-9-12(2)11/h7,9-10H,3-6H2,1-2H3. The molecule has 72 valence electrons. The SMILES string of the molecule is CC1CCCC1(O)CNS(C)=O. The van der Waals surface area contributed by atoms with Gasteiger partial charge < -0.3 is 5.11 Å². The molecule has 1 rings (SSSR count). The predicted octanol–water partition coefficient (Wildman–Crippen LogP) is 0.421. The average Bonchev–Trinajstić information content (AvgIpc) is 2.30. The van der Waals surface area contributed by atoms with Crippen molar-refractivity contribution in [1.82, 2.24) is 4.72 Å². The summed E-state index contributed by atoms with van der Waals surface area (Å²) in [6, 6.07) is 0. The fourth-order valence-electron chi connectivity index (χ4n) is 1.72. The van der Waals surface area contributed by atoms with Gasteiger partial charge in [0.25, 0.3) is 0 Å². The van der Waals surface area contributed by atoms with E-state index in [1.54, 1.807) is 6.26 Å². The minimum Gasteiger partial charge on any atom is -0.388 e. The van der Waals surface area contributed by atoms with Gasteiger partial charge in [0, 0.05) is 12.8 Å². The van der Waals surface area contributed by atoms with Crippen molar-refractivity contribution < 1.29 is 9.32 Å². The van der Waals surface area contributed by atoms with Crippen LogP contribution in [0.4, 0.5) is 0 Å². The summed E-state index contributed by atoms with van der Waals surface area (Å²) in [5.74, 6) is 0.327. The fraction of sp³-hybridized carbons (Fsp3) is 1.00. The molecule has 3 unspecified atom stereocenters. The van der Waals surface area contributed by atoms with Crippen molar-refractivity contribution in [3.05, 3.63) is 0 Å². The molecule has 2 N–H and O–H groups in total. The van der Waals surface area contributed by atoms with E-state index in [0.29, 0.717) is 12.5 Å². The van der Waals surface area contributed by atoms with Gasteiger partial charge in [0.15, 0.2) is 0 Å². The molecule has 1 aliphatic carbocycles. The molecule has 0 spiro atoms. The maximum Gasteiger partial charge on any atom is 0.0884 e. The van der Waals surface area contributed by atoms with E-state index in [9.17, 15) is 9.32 Å². The topological polar surface area (TPSA) is 49.3 Å². The molecule has 3 nitrogen and oxygen atoms in total. The highest BCUT2D eigenvalue weighted by Gasteiger charge is 2.37. The molecule has 0 aromatic heterocycles. The van der Waals surface area contributed by atoms with Crippen molar-refractivity contribution in [2.45, 2.75) is 31.8 Å². The Balaban J connectivity index is 2.42. The lowest BCUT2D eigenvalue weighted by atomic mass is 9.93. The Morgan fingerprint density at radius 2 is 2.42 bits per heavy atom. The zero-order valence-corrected chi connectivity index (χ0v) is 8.49. The number of hydrogen-bond donors (Lipinski definition) is 2. The van der Waals surface area contributed by atoms with Crippen molar-refractivity contribution in [3.8, 4) is 0 Å². The van der Waals surface area contributed by atoms with Gasteiger partial charge in [-0.15, -0.1) is 0 Å². The summed E-state index contributed by atoms with van der Waals surface area (Å²) < 4.78 is 13.5. The van der Waals surface area contributed by atoms with Crippen LogP contribution in [0.25, 0.3) is 0 Å². The predicted molar refractivity (Wildman–Crippen MR) is 50.0 cm³/mol. The molecule has 1 fully saturated rings. The third kappa shape index (κ3) is 2.28. The highest BCUT2D eigenvalue weighted by Crippen LogP contribution is 2.34. The quantitative estimate of drug-likeness (QED) is 0.679. The van der Waals surface area contributed by atoms with E-state index in [-0.39, 0.29) is 0 Å². The Hall–Kier alpha value is 0.0700. The summed E-state index contributed by atoms with van der Waals surface area (Å²) in [6.45, 7) is 2.50. The number of aliphatic hydroxyl groups is 1. The van der Waals surface area contributed by atoms with Crippen LogP contribution in [0.2, 0.25) is 0 Å². The maximum atomic E-state index is 10.7. The molecule has 3 atom stereocenters. The zero-order chi connectivity index (χ0) is 9.19. The molecule has 0 heterocycles. The largest absolute Gasteiger partial charge is 0.388 e. The van der Waals surface area contributed by atoms with Gasteiger partial charge >= 0.3 is 0 Å². The second kappa shape index (κ2) is 3.85. The molecule has 0 aromatic carbocycles. The first kappa shape index (κ1) is 10.2. The van der Waals surface area contributed by atoms with Crippen LogP contribution >= 0.6 is 0 Å². The van der Waals surface area contributed by atoms with E-state index in [0.717, 1.165) is 19.3 Å². The number of hydrogen-bond acceptors (Lipinski definition) is 2. The van der Waals surface area contributed by atoms with E-state index < -0.39 is 16.6 Å². The molecule has 0 bridgehead atoms. The van der Waals surface area contributed by atoms with E-state index in [1.165, 1.54) is 0 Å². The molecule has 1 aliphatic rings. The van der Waals surface area contributed by atoms with Gasteiger partial charge in [-0.3, -0.25) is 0 Å². The molecule has 0 saturated heterocycles. The smallest absolute Gasteiger partial charge is 0.0884 e. The Kier molecular flexibility index (Phi) is 3.26. The van der Waals surface area contributed by atoms with Crippen LogP contribution < -0.4 is 4.72 Å². The lowest BCUT2D eigenvalue weighted by Gasteiger charge is -2.27. The third-order valence-corrected chi connectivity index (χ3v) is 3.30.